The second-order valence-electron chi connectivity index (χ2n) is 9.33. The van der Waals surface area contributed by atoms with Crippen molar-refractivity contribution in [1.29, 1.82) is 0 Å². The van der Waals surface area contributed by atoms with Crippen LogP contribution in [0.3, 0.4) is 0 Å². The molecule has 3 N–H and O–H groups in total. The van der Waals surface area contributed by atoms with Crippen LogP contribution in [0, 0.1) is 0 Å². The van der Waals surface area contributed by atoms with E-state index in [0.717, 1.165) is 0 Å². The van der Waals surface area contributed by atoms with Crippen LogP contribution in [0.15, 0.2) is 24.3 Å². The Bertz CT molecular complexity index is 983. The lowest BCUT2D eigenvalue weighted by Gasteiger charge is -2.36. The molecule has 0 saturated carbocycles. The van der Waals surface area contributed by atoms with Crippen molar-refractivity contribution < 1.29 is 42.8 Å². The number of amides is 3. The van der Waals surface area contributed by atoms with Crippen molar-refractivity contribution in [3.8, 4) is 5.75 Å². The third-order valence-electron chi connectivity index (χ3n) is 5.66. The van der Waals surface area contributed by atoms with Gasteiger partial charge in [0.05, 0.1) is 25.9 Å². The molecule has 0 bridgehead atoms. The molecule has 192 valence electrons. The summed E-state index contributed by atoms with van der Waals surface area (Å²) in [4.78, 5) is 37.3. The van der Waals surface area contributed by atoms with Crippen LogP contribution in [-0.4, -0.2) is 80.2 Å². The van der Waals surface area contributed by atoms with Crippen molar-refractivity contribution in [3.63, 3.8) is 0 Å². The number of ether oxygens (including phenoxy) is 6. The SMILES string of the molecule is COc1ccccc1NC(=O)CNC(=O)CNC(=O)[C@@H]1O[C@H]2OC(C)(C)O[C@@H]2[C@H]2OC(C)(C)O[C@H]21. The number of carbonyl (C=O) groups is 3. The quantitative estimate of drug-likeness (QED) is 0.487. The van der Waals surface area contributed by atoms with E-state index >= 15 is 0 Å². The van der Waals surface area contributed by atoms with Crippen molar-refractivity contribution in [1.82, 2.24) is 10.6 Å². The maximum atomic E-state index is 12.9. The van der Waals surface area contributed by atoms with E-state index in [-0.39, 0.29) is 13.1 Å². The first-order valence-corrected chi connectivity index (χ1v) is 11.3. The topological polar surface area (TPSA) is 143 Å². The van der Waals surface area contributed by atoms with Gasteiger partial charge in [0.15, 0.2) is 24.0 Å². The molecule has 3 aliphatic heterocycles. The number of rotatable bonds is 7. The summed E-state index contributed by atoms with van der Waals surface area (Å²) in [6.07, 6.45) is -3.81. The van der Waals surface area contributed by atoms with Gasteiger partial charge in [-0.1, -0.05) is 12.1 Å². The fraction of sp³-hybridized carbons (Fsp3) is 0.609. The molecule has 3 aliphatic rings. The van der Waals surface area contributed by atoms with E-state index in [0.29, 0.717) is 11.4 Å². The van der Waals surface area contributed by atoms with E-state index in [1.807, 2.05) is 0 Å². The molecule has 0 radical (unpaired) electrons. The van der Waals surface area contributed by atoms with Crippen LogP contribution in [0.2, 0.25) is 0 Å². The van der Waals surface area contributed by atoms with Gasteiger partial charge in [-0.15, -0.1) is 0 Å². The summed E-state index contributed by atoms with van der Waals surface area (Å²) in [5.74, 6) is -2.93. The lowest BCUT2D eigenvalue weighted by molar-refractivity contribution is -0.231. The molecule has 1 aromatic rings. The number of methoxy groups -OCH3 is 1. The average molecular weight is 494 g/mol. The highest BCUT2D eigenvalue weighted by Crippen LogP contribution is 2.44. The molecule has 12 heteroatoms. The number of carbonyl (C=O) groups excluding carboxylic acids is 3. The summed E-state index contributed by atoms with van der Waals surface area (Å²) in [7, 11) is 1.49. The Labute approximate surface area is 202 Å². The molecule has 4 rings (SSSR count). The summed E-state index contributed by atoms with van der Waals surface area (Å²) >= 11 is 0. The highest BCUT2D eigenvalue weighted by Gasteiger charge is 2.62. The molecule has 0 aromatic heterocycles. The van der Waals surface area contributed by atoms with E-state index in [1.165, 1.54) is 7.11 Å². The van der Waals surface area contributed by atoms with Crippen molar-refractivity contribution in [2.24, 2.45) is 0 Å². The molecule has 0 spiro atoms. The van der Waals surface area contributed by atoms with Crippen molar-refractivity contribution in [2.75, 3.05) is 25.5 Å². The number of hydrogen-bond donors (Lipinski definition) is 3. The highest BCUT2D eigenvalue weighted by molar-refractivity contribution is 5.96. The molecule has 3 fully saturated rings. The first kappa shape index (κ1) is 25.3. The minimum absolute atomic E-state index is 0.285. The van der Waals surface area contributed by atoms with Gasteiger partial charge in [-0.3, -0.25) is 14.4 Å². The maximum absolute atomic E-state index is 12.9. The number of nitrogens with one attached hydrogen (secondary N) is 3. The van der Waals surface area contributed by atoms with Gasteiger partial charge in [0.1, 0.15) is 24.1 Å². The summed E-state index contributed by atoms with van der Waals surface area (Å²) < 4.78 is 34.6. The van der Waals surface area contributed by atoms with Gasteiger partial charge in [0.2, 0.25) is 11.8 Å². The minimum atomic E-state index is -1.08. The fourth-order valence-electron chi connectivity index (χ4n) is 4.27. The van der Waals surface area contributed by atoms with Crippen LogP contribution in [-0.2, 0) is 38.1 Å². The first-order valence-electron chi connectivity index (χ1n) is 11.3. The van der Waals surface area contributed by atoms with Crippen LogP contribution < -0.4 is 20.7 Å². The zero-order chi connectivity index (χ0) is 25.4. The van der Waals surface area contributed by atoms with Crippen LogP contribution in [0.4, 0.5) is 5.69 Å². The average Bonchev–Trinajstić information content (AvgIpc) is 3.29. The third-order valence-corrected chi connectivity index (χ3v) is 5.66. The van der Waals surface area contributed by atoms with E-state index < -0.39 is 60.0 Å². The highest BCUT2D eigenvalue weighted by atomic mass is 16.9. The summed E-state index contributed by atoms with van der Waals surface area (Å²) in [6.45, 7) is 6.31. The van der Waals surface area contributed by atoms with Gasteiger partial charge in [-0.25, -0.2) is 0 Å². The third kappa shape index (κ3) is 5.73. The van der Waals surface area contributed by atoms with Gasteiger partial charge >= 0.3 is 0 Å². The standard InChI is InChI=1S/C23H31N3O9/c1-22(2)32-16-17(33-22)19-21(35-23(3,4)34-19)31-18(16)20(29)25-10-14(27)24-11-15(28)26-12-8-6-7-9-13(12)30-5/h6-9,16-19,21H,10-11H2,1-5H3,(H,24,27)(H,25,29)(H,26,28)/t16-,17+,18-,19-,21+/m1/s1. The molecule has 3 amide bonds. The molecular formula is C23H31N3O9. The predicted molar refractivity (Wildman–Crippen MR) is 120 cm³/mol. The van der Waals surface area contributed by atoms with Gasteiger partial charge < -0.3 is 44.4 Å². The Morgan fingerprint density at radius 2 is 1.49 bits per heavy atom. The molecular weight excluding hydrogens is 462 g/mol. The number of hydrogen-bond acceptors (Lipinski definition) is 9. The second-order valence-corrected chi connectivity index (χ2v) is 9.33. The Hall–Kier alpha value is -2.77. The molecule has 3 heterocycles. The number of anilines is 1. The van der Waals surface area contributed by atoms with Crippen molar-refractivity contribution in [3.05, 3.63) is 24.3 Å². The molecule has 3 saturated heterocycles. The monoisotopic (exact) mass is 493 g/mol. The summed E-state index contributed by atoms with van der Waals surface area (Å²) in [5, 5.41) is 7.63. The maximum Gasteiger partial charge on any atom is 0.252 e. The lowest BCUT2D eigenvalue weighted by Crippen LogP contribution is -2.60. The molecule has 5 atom stereocenters. The Morgan fingerprint density at radius 3 is 2.23 bits per heavy atom. The van der Waals surface area contributed by atoms with Gasteiger partial charge in [-0.2, -0.15) is 0 Å². The van der Waals surface area contributed by atoms with Crippen LogP contribution in [0.5, 0.6) is 5.75 Å². The minimum Gasteiger partial charge on any atom is -0.495 e. The van der Waals surface area contributed by atoms with E-state index in [4.69, 9.17) is 28.4 Å². The van der Waals surface area contributed by atoms with E-state index in [1.54, 1.807) is 52.0 Å². The fourth-order valence-corrected chi connectivity index (χ4v) is 4.27. The Morgan fingerprint density at radius 1 is 0.857 bits per heavy atom. The van der Waals surface area contributed by atoms with Crippen LogP contribution in [0.25, 0.3) is 0 Å². The smallest absolute Gasteiger partial charge is 0.252 e. The van der Waals surface area contributed by atoms with Crippen LogP contribution >= 0.6 is 0 Å². The summed E-state index contributed by atoms with van der Waals surface area (Å²) in [5.41, 5.74) is 0.479. The zero-order valence-corrected chi connectivity index (χ0v) is 20.3. The van der Waals surface area contributed by atoms with Crippen LogP contribution in [0.1, 0.15) is 27.7 Å². The molecule has 35 heavy (non-hydrogen) atoms. The van der Waals surface area contributed by atoms with Crippen molar-refractivity contribution >= 4 is 23.4 Å². The van der Waals surface area contributed by atoms with E-state index in [9.17, 15) is 14.4 Å². The molecule has 1 aromatic carbocycles. The number of benzene rings is 1. The molecule has 0 aliphatic carbocycles. The van der Waals surface area contributed by atoms with E-state index in [2.05, 4.69) is 16.0 Å². The van der Waals surface area contributed by atoms with Gasteiger partial charge in [-0.05, 0) is 39.8 Å². The Kier molecular flexibility index (Phi) is 7.02. The normalized spacial score (nSPS) is 30.0. The zero-order valence-electron chi connectivity index (χ0n) is 20.3. The number of para-hydroxylation sites is 2. The lowest BCUT2D eigenvalue weighted by atomic mass is 9.98. The molecule has 0 unspecified atom stereocenters. The Balaban J connectivity index is 1.29. The number of fused-ring (bicyclic) bond motifs is 3. The van der Waals surface area contributed by atoms with Crippen molar-refractivity contribution in [2.45, 2.75) is 70.0 Å². The predicted octanol–water partition coefficient (Wildman–Crippen LogP) is 0.263. The molecule has 12 nitrogen and oxygen atoms in total. The second kappa shape index (κ2) is 9.70. The van der Waals surface area contributed by atoms with Gasteiger partial charge in [0, 0.05) is 0 Å². The summed E-state index contributed by atoms with van der Waals surface area (Å²) in [6, 6.07) is 6.90. The largest absolute Gasteiger partial charge is 0.495 e. The van der Waals surface area contributed by atoms with Gasteiger partial charge in [0.25, 0.3) is 5.91 Å². The first-order chi connectivity index (χ1) is 16.5.